The van der Waals surface area contributed by atoms with Crippen molar-refractivity contribution in [3.63, 3.8) is 0 Å². The van der Waals surface area contributed by atoms with Crippen LogP contribution >= 0.6 is 0 Å². The third-order valence-corrected chi connectivity index (χ3v) is 3.84. The van der Waals surface area contributed by atoms with Crippen LogP contribution in [0.25, 0.3) is 0 Å². The highest BCUT2D eigenvalue weighted by molar-refractivity contribution is 5.74. The number of unbranched alkanes of at least 4 members (excludes halogenated alkanes) is 1. The summed E-state index contributed by atoms with van der Waals surface area (Å²) in [5.41, 5.74) is 0.372. The standard InChI is InChI=1S/C15H30N2O2/c1-12-7-10-17(11-13(12)18)14(19)16-9-6-5-8-15(2,3)4/h12-13,18H,5-11H2,1-4H3,(H,16,19). The van der Waals surface area contributed by atoms with Crippen LogP contribution < -0.4 is 5.32 Å². The Kier molecular flexibility index (Phi) is 6.11. The van der Waals surface area contributed by atoms with Crippen molar-refractivity contribution in [3.8, 4) is 0 Å². The molecule has 0 saturated carbocycles. The number of aliphatic hydroxyl groups excluding tert-OH is 1. The van der Waals surface area contributed by atoms with Crippen LogP contribution in [0.3, 0.4) is 0 Å². The van der Waals surface area contributed by atoms with Crippen molar-refractivity contribution < 1.29 is 9.90 Å². The van der Waals surface area contributed by atoms with E-state index in [-0.39, 0.29) is 12.1 Å². The summed E-state index contributed by atoms with van der Waals surface area (Å²) in [5, 5.41) is 12.7. The minimum atomic E-state index is -0.375. The summed E-state index contributed by atoms with van der Waals surface area (Å²) in [6, 6.07) is -0.0262. The number of nitrogens with zero attached hydrogens (tertiary/aromatic N) is 1. The first-order chi connectivity index (χ1) is 8.79. The summed E-state index contributed by atoms with van der Waals surface area (Å²) in [6.45, 7) is 10.7. The number of β-amino-alcohol motifs (C(OH)–C–C–N with tert-alkyl or cyclic N) is 1. The molecule has 0 bridgehead atoms. The number of piperidine rings is 1. The van der Waals surface area contributed by atoms with Gasteiger partial charge in [-0.05, 0) is 30.6 Å². The van der Waals surface area contributed by atoms with Crippen LogP contribution in [0.4, 0.5) is 4.79 Å². The molecule has 1 heterocycles. The van der Waals surface area contributed by atoms with Gasteiger partial charge in [0.1, 0.15) is 0 Å². The number of hydrogen-bond donors (Lipinski definition) is 2. The number of nitrogens with one attached hydrogen (secondary N) is 1. The fourth-order valence-electron chi connectivity index (χ4n) is 2.32. The minimum absolute atomic E-state index is 0.0262. The van der Waals surface area contributed by atoms with E-state index in [4.69, 9.17) is 0 Å². The van der Waals surface area contributed by atoms with Crippen molar-refractivity contribution in [2.45, 2.75) is 59.5 Å². The number of urea groups is 1. The molecule has 0 aliphatic carbocycles. The third kappa shape index (κ3) is 6.28. The van der Waals surface area contributed by atoms with E-state index in [9.17, 15) is 9.90 Å². The van der Waals surface area contributed by atoms with Gasteiger partial charge in [0.15, 0.2) is 0 Å². The van der Waals surface area contributed by atoms with Crippen molar-refractivity contribution in [1.29, 1.82) is 0 Å². The highest BCUT2D eigenvalue weighted by Gasteiger charge is 2.26. The van der Waals surface area contributed by atoms with Gasteiger partial charge in [0, 0.05) is 19.6 Å². The van der Waals surface area contributed by atoms with Gasteiger partial charge < -0.3 is 15.3 Å². The van der Waals surface area contributed by atoms with Crippen LogP contribution in [0.1, 0.15) is 53.4 Å². The minimum Gasteiger partial charge on any atom is -0.391 e. The molecule has 0 spiro atoms. The fourth-order valence-corrected chi connectivity index (χ4v) is 2.32. The predicted molar refractivity (Wildman–Crippen MR) is 78.1 cm³/mol. The number of hydrogen-bond acceptors (Lipinski definition) is 2. The normalized spacial score (nSPS) is 24.4. The Morgan fingerprint density at radius 3 is 2.63 bits per heavy atom. The highest BCUT2D eigenvalue weighted by Crippen LogP contribution is 2.21. The summed E-state index contributed by atoms with van der Waals surface area (Å²) >= 11 is 0. The summed E-state index contributed by atoms with van der Waals surface area (Å²) in [5.74, 6) is 0.302. The van der Waals surface area contributed by atoms with Gasteiger partial charge in [-0.15, -0.1) is 0 Å². The van der Waals surface area contributed by atoms with E-state index >= 15 is 0 Å². The van der Waals surface area contributed by atoms with Gasteiger partial charge in [0.25, 0.3) is 0 Å². The van der Waals surface area contributed by atoms with Crippen molar-refractivity contribution in [2.24, 2.45) is 11.3 Å². The quantitative estimate of drug-likeness (QED) is 0.772. The summed E-state index contributed by atoms with van der Waals surface area (Å²) < 4.78 is 0. The molecular formula is C15H30N2O2. The molecule has 1 aliphatic heterocycles. The van der Waals surface area contributed by atoms with Crippen LogP contribution in [-0.4, -0.2) is 41.8 Å². The number of likely N-dealkylation sites (tertiary alicyclic amines) is 1. The van der Waals surface area contributed by atoms with Gasteiger partial charge in [-0.25, -0.2) is 4.79 Å². The van der Waals surface area contributed by atoms with Crippen molar-refractivity contribution in [1.82, 2.24) is 10.2 Å². The Hall–Kier alpha value is -0.770. The Bertz CT molecular complexity index is 286. The Morgan fingerprint density at radius 1 is 1.37 bits per heavy atom. The number of carbonyl (C=O) groups excluding carboxylic acids is 1. The van der Waals surface area contributed by atoms with E-state index in [0.717, 1.165) is 32.4 Å². The monoisotopic (exact) mass is 270 g/mol. The fraction of sp³-hybridized carbons (Fsp3) is 0.933. The number of amides is 2. The van der Waals surface area contributed by atoms with Crippen molar-refractivity contribution >= 4 is 6.03 Å². The van der Waals surface area contributed by atoms with Gasteiger partial charge in [0.05, 0.1) is 6.10 Å². The molecule has 2 unspecified atom stereocenters. The molecule has 1 aliphatic rings. The van der Waals surface area contributed by atoms with Gasteiger partial charge in [-0.1, -0.05) is 34.1 Å². The maximum absolute atomic E-state index is 11.9. The van der Waals surface area contributed by atoms with E-state index < -0.39 is 0 Å². The molecular weight excluding hydrogens is 240 g/mol. The topological polar surface area (TPSA) is 52.6 Å². The van der Waals surface area contributed by atoms with Crippen molar-refractivity contribution in [2.75, 3.05) is 19.6 Å². The molecule has 4 heteroatoms. The zero-order valence-electron chi connectivity index (χ0n) is 12.9. The average Bonchev–Trinajstić information content (AvgIpc) is 2.30. The lowest BCUT2D eigenvalue weighted by Crippen LogP contribution is -2.49. The molecule has 2 N–H and O–H groups in total. The molecule has 1 saturated heterocycles. The SMILES string of the molecule is CC1CCN(C(=O)NCCCCC(C)(C)C)CC1O. The zero-order valence-corrected chi connectivity index (χ0v) is 12.9. The van der Waals surface area contributed by atoms with Gasteiger partial charge in [-0.3, -0.25) is 0 Å². The molecule has 0 radical (unpaired) electrons. The first-order valence-corrected chi connectivity index (χ1v) is 7.50. The summed E-state index contributed by atoms with van der Waals surface area (Å²) in [7, 11) is 0. The second kappa shape index (κ2) is 7.13. The van der Waals surface area contributed by atoms with Crippen LogP contribution in [-0.2, 0) is 0 Å². The maximum Gasteiger partial charge on any atom is 0.317 e. The molecule has 2 atom stereocenters. The molecule has 4 nitrogen and oxygen atoms in total. The Balaban J connectivity index is 2.14. The zero-order chi connectivity index (χ0) is 14.5. The first-order valence-electron chi connectivity index (χ1n) is 7.50. The lowest BCUT2D eigenvalue weighted by Gasteiger charge is -2.34. The van der Waals surface area contributed by atoms with Crippen LogP contribution in [0, 0.1) is 11.3 Å². The largest absolute Gasteiger partial charge is 0.391 e. The summed E-state index contributed by atoms with van der Waals surface area (Å²) in [6.07, 6.45) is 3.86. The smallest absolute Gasteiger partial charge is 0.317 e. The van der Waals surface area contributed by atoms with Crippen molar-refractivity contribution in [3.05, 3.63) is 0 Å². The second-order valence-corrected chi connectivity index (χ2v) is 7.03. The number of aliphatic hydroxyl groups is 1. The van der Waals surface area contributed by atoms with E-state index in [0.29, 0.717) is 17.9 Å². The van der Waals surface area contributed by atoms with Crippen LogP contribution in [0.15, 0.2) is 0 Å². The molecule has 1 rings (SSSR count). The van der Waals surface area contributed by atoms with Crippen LogP contribution in [0.5, 0.6) is 0 Å². The number of rotatable bonds is 4. The molecule has 0 aromatic rings. The molecule has 2 amide bonds. The Labute approximate surface area is 117 Å². The molecule has 112 valence electrons. The van der Waals surface area contributed by atoms with Gasteiger partial charge in [0.2, 0.25) is 0 Å². The van der Waals surface area contributed by atoms with Gasteiger partial charge in [-0.2, -0.15) is 0 Å². The lowest BCUT2D eigenvalue weighted by molar-refractivity contribution is 0.0436. The van der Waals surface area contributed by atoms with E-state index in [2.05, 4.69) is 26.1 Å². The second-order valence-electron chi connectivity index (χ2n) is 7.03. The third-order valence-electron chi connectivity index (χ3n) is 3.84. The molecule has 0 aromatic heterocycles. The number of carbonyl (C=O) groups is 1. The lowest BCUT2D eigenvalue weighted by atomic mass is 9.90. The predicted octanol–water partition coefficient (Wildman–Crippen LogP) is 2.62. The first kappa shape index (κ1) is 16.3. The van der Waals surface area contributed by atoms with Gasteiger partial charge >= 0.3 is 6.03 Å². The van der Waals surface area contributed by atoms with Crippen LogP contribution in [0.2, 0.25) is 0 Å². The molecule has 1 fully saturated rings. The van der Waals surface area contributed by atoms with E-state index in [1.165, 1.54) is 6.42 Å². The molecule has 0 aromatic carbocycles. The maximum atomic E-state index is 11.9. The average molecular weight is 270 g/mol. The van der Waals surface area contributed by atoms with E-state index in [1.807, 2.05) is 6.92 Å². The Morgan fingerprint density at radius 2 is 2.05 bits per heavy atom. The molecule has 19 heavy (non-hydrogen) atoms. The summed E-state index contributed by atoms with van der Waals surface area (Å²) in [4.78, 5) is 13.6. The highest BCUT2D eigenvalue weighted by atomic mass is 16.3. The van der Waals surface area contributed by atoms with E-state index in [1.54, 1.807) is 4.90 Å².